The van der Waals surface area contributed by atoms with E-state index in [1.165, 1.54) is 199 Å². The van der Waals surface area contributed by atoms with Crippen LogP contribution in [0.4, 0.5) is 0 Å². The zero-order valence-corrected chi connectivity index (χ0v) is 54.9. The van der Waals surface area contributed by atoms with Gasteiger partial charge < -0.3 is 14.2 Å². The minimum atomic E-state index is -0.785. The van der Waals surface area contributed by atoms with Crippen molar-refractivity contribution in [2.24, 2.45) is 0 Å². The number of hydrogen-bond donors (Lipinski definition) is 0. The second kappa shape index (κ2) is 70.8. The number of allylic oxidation sites excluding steroid dienone is 16. The Balaban J connectivity index is 4.23. The van der Waals surface area contributed by atoms with E-state index in [1.54, 1.807) is 0 Å². The van der Waals surface area contributed by atoms with E-state index in [0.29, 0.717) is 19.3 Å². The molecule has 0 bridgehead atoms. The van der Waals surface area contributed by atoms with Gasteiger partial charge >= 0.3 is 17.9 Å². The van der Waals surface area contributed by atoms with Gasteiger partial charge in [-0.25, -0.2) is 0 Å². The average molecular weight is 1160 g/mol. The van der Waals surface area contributed by atoms with Crippen LogP contribution >= 0.6 is 0 Å². The van der Waals surface area contributed by atoms with Crippen molar-refractivity contribution in [2.45, 2.75) is 361 Å². The zero-order valence-electron chi connectivity index (χ0n) is 54.9. The first-order valence-electron chi connectivity index (χ1n) is 35.7. The second-order valence-electron chi connectivity index (χ2n) is 23.8. The number of esters is 3. The van der Waals surface area contributed by atoms with Gasteiger partial charge in [-0.1, -0.05) is 311 Å². The Kier molecular flexibility index (Phi) is 67.7. The number of rotatable bonds is 65. The summed E-state index contributed by atoms with van der Waals surface area (Å²) in [5, 5.41) is 0. The summed E-state index contributed by atoms with van der Waals surface area (Å²) in [5.74, 6) is -0.881. The summed E-state index contributed by atoms with van der Waals surface area (Å²) in [6, 6.07) is 0. The molecule has 6 nitrogen and oxygen atoms in total. The van der Waals surface area contributed by atoms with Gasteiger partial charge in [-0.2, -0.15) is 0 Å². The third-order valence-corrected chi connectivity index (χ3v) is 15.5. The molecule has 0 rings (SSSR count). The second-order valence-corrected chi connectivity index (χ2v) is 23.8. The molecule has 6 heteroatoms. The molecular weight excluding hydrogens is 1020 g/mol. The fourth-order valence-corrected chi connectivity index (χ4v) is 10.2. The molecule has 0 aromatic rings. The highest BCUT2D eigenvalue weighted by molar-refractivity contribution is 5.71. The normalized spacial score (nSPS) is 12.7. The van der Waals surface area contributed by atoms with E-state index in [-0.39, 0.29) is 31.1 Å². The molecule has 1 unspecified atom stereocenters. The molecule has 0 N–H and O–H groups in total. The third kappa shape index (κ3) is 69.0. The number of unbranched alkanes of at least 4 members (excludes halogenated alkanes) is 38. The quantitative estimate of drug-likeness (QED) is 0.0261. The smallest absolute Gasteiger partial charge is 0.306 e. The van der Waals surface area contributed by atoms with Crippen LogP contribution in [0, 0.1) is 0 Å². The molecule has 0 aliphatic rings. The van der Waals surface area contributed by atoms with Crippen molar-refractivity contribution in [3.63, 3.8) is 0 Å². The van der Waals surface area contributed by atoms with Crippen LogP contribution in [0.15, 0.2) is 97.2 Å². The van der Waals surface area contributed by atoms with E-state index in [2.05, 4.69) is 118 Å². The molecule has 1 atom stereocenters. The maximum Gasteiger partial charge on any atom is 0.306 e. The molecule has 0 saturated heterocycles. The van der Waals surface area contributed by atoms with Crippen molar-refractivity contribution in [3.05, 3.63) is 97.2 Å². The average Bonchev–Trinajstić information content (AvgIpc) is 3.49. The Labute approximate surface area is 515 Å². The van der Waals surface area contributed by atoms with Crippen LogP contribution in [0.25, 0.3) is 0 Å². The topological polar surface area (TPSA) is 78.9 Å². The largest absolute Gasteiger partial charge is 0.462 e. The first kappa shape index (κ1) is 79.3. The first-order valence-corrected chi connectivity index (χ1v) is 35.7. The molecule has 0 aliphatic heterocycles. The number of hydrogen-bond acceptors (Lipinski definition) is 6. The molecule has 0 spiro atoms. The summed E-state index contributed by atoms with van der Waals surface area (Å²) >= 11 is 0. The lowest BCUT2D eigenvalue weighted by molar-refractivity contribution is -0.167. The molecular formula is C77H134O6. The van der Waals surface area contributed by atoms with Crippen LogP contribution < -0.4 is 0 Å². The van der Waals surface area contributed by atoms with Crippen molar-refractivity contribution < 1.29 is 28.6 Å². The molecule has 0 amide bonds. The van der Waals surface area contributed by atoms with Crippen molar-refractivity contribution in [3.8, 4) is 0 Å². The zero-order chi connectivity index (χ0) is 59.9. The minimum absolute atomic E-state index is 0.0805. The summed E-state index contributed by atoms with van der Waals surface area (Å²) in [7, 11) is 0. The van der Waals surface area contributed by atoms with Gasteiger partial charge in [0, 0.05) is 19.3 Å². The lowest BCUT2D eigenvalue weighted by atomic mass is 10.0. The maximum atomic E-state index is 12.9. The van der Waals surface area contributed by atoms with E-state index in [9.17, 15) is 14.4 Å². The van der Waals surface area contributed by atoms with E-state index >= 15 is 0 Å². The fraction of sp³-hybridized carbons (Fsp3) is 0.753. The van der Waals surface area contributed by atoms with Gasteiger partial charge in [0.2, 0.25) is 0 Å². The van der Waals surface area contributed by atoms with Gasteiger partial charge in [0.1, 0.15) is 13.2 Å². The molecule has 0 fully saturated rings. The third-order valence-electron chi connectivity index (χ3n) is 15.5. The summed E-state index contributed by atoms with van der Waals surface area (Å²) in [6.07, 6.45) is 95.8. The lowest BCUT2D eigenvalue weighted by Gasteiger charge is -2.18. The number of ether oxygens (including phenoxy) is 3. The van der Waals surface area contributed by atoms with Crippen molar-refractivity contribution in [1.29, 1.82) is 0 Å². The fourth-order valence-electron chi connectivity index (χ4n) is 10.2. The molecule has 0 aliphatic carbocycles. The van der Waals surface area contributed by atoms with Crippen LogP contribution in [0.2, 0.25) is 0 Å². The Morgan fingerprint density at radius 3 is 0.747 bits per heavy atom. The van der Waals surface area contributed by atoms with Gasteiger partial charge in [0.25, 0.3) is 0 Å². The summed E-state index contributed by atoms with van der Waals surface area (Å²) in [4.78, 5) is 38.4. The summed E-state index contributed by atoms with van der Waals surface area (Å²) in [6.45, 7) is 6.55. The molecule has 478 valence electrons. The highest BCUT2D eigenvalue weighted by Crippen LogP contribution is 2.17. The van der Waals surface area contributed by atoms with Crippen molar-refractivity contribution in [1.82, 2.24) is 0 Å². The number of carbonyl (C=O) groups excluding carboxylic acids is 3. The SMILES string of the molecule is CC/C=C\C/C=C\C/C=C\C/C=C\C/C=C\C/C=C\CCCCCCCCCCCCCCCCC(=O)OCC(COC(=O)CCCCCCC/C=C\CCCCCCCCC)OC(=O)CCCCCCC/C=C\CCCCCCCCC. The molecule has 0 saturated carbocycles. The van der Waals surface area contributed by atoms with Gasteiger partial charge in [0.05, 0.1) is 0 Å². The lowest BCUT2D eigenvalue weighted by Crippen LogP contribution is -2.30. The standard InChI is InChI=1S/C77H134O6/c1-4-7-10-13-16-19-22-25-28-31-32-33-34-35-36-37-38-39-40-41-42-43-44-45-46-47-50-52-55-58-61-64-67-70-76(79)82-73-74(83-77(80)71-68-65-62-59-56-53-49-30-27-24-21-18-15-12-9-6-3)72-81-75(78)69-66-63-60-57-54-51-48-29-26-23-20-17-14-11-8-5-2/h7,10,16,19,25,28-30,32-33,35-36,38-39,48-49,74H,4-6,8-9,11-15,17-18,20-24,26-27,31,34,37,40-47,50-73H2,1-3H3/b10-7-,19-16-,28-25-,33-32-,36-35-,39-38-,48-29-,49-30-. The van der Waals surface area contributed by atoms with Crippen molar-refractivity contribution in [2.75, 3.05) is 13.2 Å². The van der Waals surface area contributed by atoms with Gasteiger partial charge in [-0.3, -0.25) is 14.4 Å². The van der Waals surface area contributed by atoms with Crippen molar-refractivity contribution >= 4 is 17.9 Å². The molecule has 0 radical (unpaired) electrons. The Bertz CT molecular complexity index is 1610. The Hall–Kier alpha value is -3.67. The number of carbonyl (C=O) groups is 3. The monoisotopic (exact) mass is 1160 g/mol. The van der Waals surface area contributed by atoms with Crippen LogP contribution in [0.3, 0.4) is 0 Å². The minimum Gasteiger partial charge on any atom is -0.462 e. The van der Waals surface area contributed by atoms with Crippen LogP contribution in [-0.2, 0) is 28.6 Å². The highest BCUT2D eigenvalue weighted by Gasteiger charge is 2.19. The maximum absolute atomic E-state index is 12.9. The van der Waals surface area contributed by atoms with Gasteiger partial charge in [0.15, 0.2) is 6.10 Å². The van der Waals surface area contributed by atoms with E-state index in [1.807, 2.05) is 0 Å². The first-order chi connectivity index (χ1) is 41.0. The highest BCUT2D eigenvalue weighted by atomic mass is 16.6. The predicted molar refractivity (Wildman–Crippen MR) is 362 cm³/mol. The van der Waals surface area contributed by atoms with Gasteiger partial charge in [-0.15, -0.1) is 0 Å². The van der Waals surface area contributed by atoms with Gasteiger partial charge in [-0.05, 0) is 122 Å². The molecule has 0 aromatic carbocycles. The molecule has 83 heavy (non-hydrogen) atoms. The van der Waals surface area contributed by atoms with E-state index in [0.717, 1.165) is 116 Å². The van der Waals surface area contributed by atoms with Crippen LogP contribution in [0.1, 0.15) is 355 Å². The van der Waals surface area contributed by atoms with E-state index < -0.39 is 6.10 Å². The predicted octanol–water partition coefficient (Wildman–Crippen LogP) is 24.8. The molecule has 0 heterocycles. The van der Waals surface area contributed by atoms with E-state index in [4.69, 9.17) is 14.2 Å². The van der Waals surface area contributed by atoms with Crippen LogP contribution in [-0.4, -0.2) is 37.2 Å². The summed E-state index contributed by atoms with van der Waals surface area (Å²) in [5.41, 5.74) is 0. The summed E-state index contributed by atoms with van der Waals surface area (Å²) < 4.78 is 17.0. The molecule has 0 aromatic heterocycles. The Morgan fingerprint density at radius 1 is 0.253 bits per heavy atom. The Morgan fingerprint density at radius 2 is 0.470 bits per heavy atom. The van der Waals surface area contributed by atoms with Crippen LogP contribution in [0.5, 0.6) is 0 Å².